The van der Waals surface area contributed by atoms with Gasteiger partial charge < -0.3 is 10.2 Å². The first-order chi connectivity index (χ1) is 14.2. The Hall–Kier alpha value is -2.34. The Bertz CT molecular complexity index is 958. The number of benzene rings is 3. The summed E-state index contributed by atoms with van der Waals surface area (Å²) in [6, 6.07) is 26.2. The minimum absolute atomic E-state index is 0. The number of amides is 1. The number of carbonyl (C=O) groups excluding carboxylic acids is 1. The standard InChI is InChI=1S/C24H24BrN3O.ClH/c25-21-8-4-7-20(17-21)24(29)26-22-9-11-23(12-10-22)28-15-13-27(14-16-28)18-19-5-2-1-3-6-19;/h1-12,17H,13-16,18H2,(H,26,29);1H. The smallest absolute Gasteiger partial charge is 0.255 e. The molecule has 0 saturated carbocycles. The molecule has 1 N–H and O–H groups in total. The zero-order valence-electron chi connectivity index (χ0n) is 16.6. The van der Waals surface area contributed by atoms with Gasteiger partial charge in [0.1, 0.15) is 0 Å². The van der Waals surface area contributed by atoms with E-state index in [2.05, 4.69) is 73.5 Å². The van der Waals surface area contributed by atoms with Gasteiger partial charge in [-0.05, 0) is 48.0 Å². The number of piperazine rings is 1. The molecule has 0 aromatic heterocycles. The number of anilines is 2. The number of carbonyl (C=O) groups is 1. The Morgan fingerprint density at radius 3 is 2.23 bits per heavy atom. The summed E-state index contributed by atoms with van der Waals surface area (Å²) < 4.78 is 0.895. The van der Waals surface area contributed by atoms with E-state index in [0.717, 1.165) is 42.9 Å². The maximum atomic E-state index is 12.4. The number of nitrogens with zero attached hydrogens (tertiary/aromatic N) is 2. The molecule has 6 heteroatoms. The minimum atomic E-state index is -0.103. The van der Waals surface area contributed by atoms with Crippen LogP contribution in [0.2, 0.25) is 0 Å². The molecule has 1 saturated heterocycles. The van der Waals surface area contributed by atoms with E-state index in [9.17, 15) is 4.79 Å². The van der Waals surface area contributed by atoms with E-state index in [-0.39, 0.29) is 18.3 Å². The summed E-state index contributed by atoms with van der Waals surface area (Å²) in [5, 5.41) is 2.96. The molecule has 3 aromatic rings. The van der Waals surface area contributed by atoms with Crippen molar-refractivity contribution in [2.24, 2.45) is 0 Å². The first kappa shape index (κ1) is 22.3. The van der Waals surface area contributed by atoms with Crippen molar-refractivity contribution < 1.29 is 4.79 Å². The van der Waals surface area contributed by atoms with E-state index in [1.807, 2.05) is 36.4 Å². The summed E-state index contributed by atoms with van der Waals surface area (Å²) in [5.41, 5.74) is 4.01. The molecular formula is C24H25BrClN3O. The SMILES string of the molecule is Cl.O=C(Nc1ccc(N2CCN(Cc3ccccc3)CC2)cc1)c1cccc(Br)c1. The largest absolute Gasteiger partial charge is 0.369 e. The van der Waals surface area contributed by atoms with Crippen LogP contribution in [-0.2, 0) is 6.54 Å². The maximum Gasteiger partial charge on any atom is 0.255 e. The lowest BCUT2D eigenvalue weighted by atomic mass is 10.2. The molecule has 1 fully saturated rings. The fraction of sp³-hybridized carbons (Fsp3) is 0.208. The highest BCUT2D eigenvalue weighted by Crippen LogP contribution is 2.21. The van der Waals surface area contributed by atoms with Crippen molar-refractivity contribution >= 4 is 45.6 Å². The van der Waals surface area contributed by atoms with Crippen LogP contribution < -0.4 is 10.2 Å². The van der Waals surface area contributed by atoms with Crippen molar-refractivity contribution in [2.75, 3.05) is 36.4 Å². The number of nitrogens with one attached hydrogen (secondary N) is 1. The molecule has 0 spiro atoms. The molecular weight excluding hydrogens is 462 g/mol. The summed E-state index contributed by atoms with van der Waals surface area (Å²) >= 11 is 3.40. The van der Waals surface area contributed by atoms with Gasteiger partial charge in [-0.1, -0.05) is 52.3 Å². The average molecular weight is 487 g/mol. The van der Waals surface area contributed by atoms with Crippen LogP contribution in [0, 0.1) is 0 Å². The van der Waals surface area contributed by atoms with E-state index in [4.69, 9.17) is 0 Å². The third-order valence-corrected chi connectivity index (χ3v) is 5.69. The van der Waals surface area contributed by atoms with E-state index < -0.39 is 0 Å². The summed E-state index contributed by atoms with van der Waals surface area (Å²) in [6.45, 7) is 5.13. The van der Waals surface area contributed by atoms with Gasteiger partial charge in [-0.15, -0.1) is 12.4 Å². The van der Waals surface area contributed by atoms with Crippen LogP contribution in [0.3, 0.4) is 0 Å². The van der Waals surface area contributed by atoms with Gasteiger partial charge in [-0.25, -0.2) is 0 Å². The second-order valence-electron chi connectivity index (χ2n) is 7.26. The zero-order valence-corrected chi connectivity index (χ0v) is 19.0. The molecule has 0 bridgehead atoms. The van der Waals surface area contributed by atoms with Gasteiger partial charge in [0.05, 0.1) is 0 Å². The first-order valence-electron chi connectivity index (χ1n) is 9.85. The van der Waals surface area contributed by atoms with Crippen LogP contribution in [0.5, 0.6) is 0 Å². The van der Waals surface area contributed by atoms with E-state index in [1.54, 1.807) is 0 Å². The van der Waals surface area contributed by atoms with E-state index >= 15 is 0 Å². The average Bonchev–Trinajstić information content (AvgIpc) is 2.76. The number of rotatable bonds is 5. The maximum absolute atomic E-state index is 12.4. The molecule has 0 unspecified atom stereocenters. The first-order valence-corrected chi connectivity index (χ1v) is 10.6. The Labute approximate surface area is 192 Å². The topological polar surface area (TPSA) is 35.6 Å². The fourth-order valence-electron chi connectivity index (χ4n) is 3.59. The van der Waals surface area contributed by atoms with Crippen LogP contribution in [0.25, 0.3) is 0 Å². The quantitative estimate of drug-likeness (QED) is 0.521. The van der Waals surface area contributed by atoms with Crippen molar-refractivity contribution in [3.05, 3.63) is 94.5 Å². The molecule has 4 nitrogen and oxygen atoms in total. The highest BCUT2D eigenvalue weighted by atomic mass is 79.9. The highest BCUT2D eigenvalue weighted by Gasteiger charge is 2.17. The highest BCUT2D eigenvalue weighted by molar-refractivity contribution is 9.10. The van der Waals surface area contributed by atoms with Crippen molar-refractivity contribution in [3.63, 3.8) is 0 Å². The molecule has 1 aliphatic rings. The molecule has 0 aliphatic carbocycles. The third kappa shape index (κ3) is 5.85. The van der Waals surface area contributed by atoms with Gasteiger partial charge in [0.25, 0.3) is 5.91 Å². The Morgan fingerprint density at radius 1 is 0.867 bits per heavy atom. The molecule has 0 radical (unpaired) electrons. The molecule has 156 valence electrons. The van der Waals surface area contributed by atoms with Gasteiger partial charge in [0, 0.05) is 54.1 Å². The van der Waals surface area contributed by atoms with Crippen molar-refractivity contribution in [3.8, 4) is 0 Å². The predicted octanol–water partition coefficient (Wildman–Crippen LogP) is 5.45. The van der Waals surface area contributed by atoms with E-state index in [1.165, 1.54) is 11.3 Å². The van der Waals surface area contributed by atoms with Crippen molar-refractivity contribution in [2.45, 2.75) is 6.54 Å². The predicted molar refractivity (Wildman–Crippen MR) is 130 cm³/mol. The number of hydrogen-bond donors (Lipinski definition) is 1. The summed E-state index contributed by atoms with van der Waals surface area (Å²) in [4.78, 5) is 17.3. The normalized spacial score (nSPS) is 14.1. The van der Waals surface area contributed by atoms with Crippen LogP contribution in [0.1, 0.15) is 15.9 Å². The Morgan fingerprint density at radius 2 is 1.57 bits per heavy atom. The lowest BCUT2D eigenvalue weighted by Gasteiger charge is -2.36. The Balaban J connectivity index is 0.00000256. The Kier molecular flexibility index (Phi) is 7.91. The lowest BCUT2D eigenvalue weighted by molar-refractivity contribution is 0.102. The third-order valence-electron chi connectivity index (χ3n) is 5.20. The molecule has 3 aromatic carbocycles. The summed E-state index contributed by atoms with van der Waals surface area (Å²) in [5.74, 6) is -0.103. The monoisotopic (exact) mass is 485 g/mol. The van der Waals surface area contributed by atoms with Crippen LogP contribution in [0.4, 0.5) is 11.4 Å². The van der Waals surface area contributed by atoms with Gasteiger partial charge in [-0.3, -0.25) is 9.69 Å². The van der Waals surface area contributed by atoms with Gasteiger partial charge in [-0.2, -0.15) is 0 Å². The number of hydrogen-bond acceptors (Lipinski definition) is 3. The molecule has 1 heterocycles. The summed E-state index contributed by atoms with van der Waals surface area (Å²) in [7, 11) is 0. The second kappa shape index (κ2) is 10.6. The van der Waals surface area contributed by atoms with Gasteiger partial charge in [0.2, 0.25) is 0 Å². The molecule has 4 rings (SSSR count). The zero-order chi connectivity index (χ0) is 20.1. The van der Waals surface area contributed by atoms with Crippen molar-refractivity contribution in [1.82, 2.24) is 4.90 Å². The fourth-order valence-corrected chi connectivity index (χ4v) is 3.99. The minimum Gasteiger partial charge on any atom is -0.369 e. The van der Waals surface area contributed by atoms with Crippen LogP contribution in [-0.4, -0.2) is 37.0 Å². The molecule has 1 aliphatic heterocycles. The molecule has 30 heavy (non-hydrogen) atoms. The van der Waals surface area contributed by atoms with Crippen LogP contribution in [0.15, 0.2) is 83.3 Å². The van der Waals surface area contributed by atoms with Crippen molar-refractivity contribution in [1.29, 1.82) is 0 Å². The van der Waals surface area contributed by atoms with Gasteiger partial charge >= 0.3 is 0 Å². The van der Waals surface area contributed by atoms with Crippen LogP contribution >= 0.6 is 28.3 Å². The second-order valence-corrected chi connectivity index (χ2v) is 8.18. The van der Waals surface area contributed by atoms with Gasteiger partial charge in [0.15, 0.2) is 0 Å². The summed E-state index contributed by atoms with van der Waals surface area (Å²) in [6.07, 6.45) is 0. The molecule has 1 amide bonds. The van der Waals surface area contributed by atoms with E-state index in [0.29, 0.717) is 5.56 Å². The number of halogens is 2. The lowest BCUT2D eigenvalue weighted by Crippen LogP contribution is -2.45. The molecule has 0 atom stereocenters.